The second-order valence-electron chi connectivity index (χ2n) is 4.49. The molecule has 0 aliphatic heterocycles. The van der Waals surface area contributed by atoms with Gasteiger partial charge in [0.1, 0.15) is 0 Å². The Kier molecular flexibility index (Phi) is 2.80. The van der Waals surface area contributed by atoms with Crippen LogP contribution in [0.15, 0.2) is 0 Å². The molecule has 1 atom stereocenters. The van der Waals surface area contributed by atoms with E-state index in [0.717, 1.165) is 5.92 Å². The maximum Gasteiger partial charge on any atom is 0.0743 e. The Hall–Kier alpha value is -0.480. The van der Waals surface area contributed by atoms with Gasteiger partial charge in [-0.3, -0.25) is 5.32 Å². The van der Waals surface area contributed by atoms with E-state index in [1.807, 2.05) is 0 Å². The third-order valence-corrected chi connectivity index (χ3v) is 2.35. The predicted molar refractivity (Wildman–Crippen MR) is 52.9 cm³/mol. The average Bonchev–Trinajstić information content (AvgIpc) is 2.70. The Morgan fingerprint density at radius 3 is 2.58 bits per heavy atom. The van der Waals surface area contributed by atoms with Crippen LogP contribution in [0.2, 0.25) is 0 Å². The number of hydrogen-bond acceptors (Lipinski definition) is 1. The van der Waals surface area contributed by atoms with Crippen molar-refractivity contribution in [2.75, 3.05) is 0 Å². The van der Waals surface area contributed by atoms with Gasteiger partial charge in [-0.2, -0.15) is 0 Å². The van der Waals surface area contributed by atoms with Gasteiger partial charge in [-0.15, -0.1) is 6.42 Å². The van der Waals surface area contributed by atoms with Crippen LogP contribution in [0.25, 0.3) is 0 Å². The van der Waals surface area contributed by atoms with Crippen molar-refractivity contribution in [1.29, 1.82) is 0 Å². The third-order valence-electron chi connectivity index (χ3n) is 2.35. The van der Waals surface area contributed by atoms with E-state index in [4.69, 9.17) is 6.42 Å². The van der Waals surface area contributed by atoms with Crippen LogP contribution in [-0.4, -0.2) is 11.6 Å². The molecular weight excluding hydrogens is 146 g/mol. The van der Waals surface area contributed by atoms with Crippen LogP contribution in [0.5, 0.6) is 0 Å². The first kappa shape index (κ1) is 9.61. The Balaban J connectivity index is 2.24. The van der Waals surface area contributed by atoms with E-state index in [2.05, 4.69) is 32.0 Å². The lowest BCUT2D eigenvalue weighted by molar-refractivity contribution is 0.393. The summed E-state index contributed by atoms with van der Waals surface area (Å²) in [5, 5.41) is 3.44. The molecule has 0 heterocycles. The van der Waals surface area contributed by atoms with Gasteiger partial charge >= 0.3 is 0 Å². The molecule has 0 aromatic carbocycles. The van der Waals surface area contributed by atoms with E-state index in [1.165, 1.54) is 19.3 Å². The smallest absolute Gasteiger partial charge is 0.0743 e. The zero-order chi connectivity index (χ0) is 9.19. The fourth-order valence-electron chi connectivity index (χ4n) is 1.57. The molecule has 1 N–H and O–H groups in total. The fraction of sp³-hybridized carbons (Fsp3) is 0.818. The molecule has 0 aromatic rings. The van der Waals surface area contributed by atoms with Gasteiger partial charge in [-0.1, -0.05) is 18.8 Å². The Morgan fingerprint density at radius 2 is 2.17 bits per heavy atom. The summed E-state index contributed by atoms with van der Waals surface area (Å²) >= 11 is 0. The van der Waals surface area contributed by atoms with Gasteiger partial charge in [0.15, 0.2) is 0 Å². The van der Waals surface area contributed by atoms with Crippen LogP contribution < -0.4 is 5.32 Å². The first-order chi connectivity index (χ1) is 5.53. The SMILES string of the molecule is C#CC(C)(C)NC(C)CC1CC1. The summed E-state index contributed by atoms with van der Waals surface area (Å²) in [5.41, 5.74) is -0.145. The highest BCUT2D eigenvalue weighted by molar-refractivity contribution is 5.08. The van der Waals surface area contributed by atoms with E-state index >= 15 is 0 Å². The molecule has 1 unspecified atom stereocenters. The van der Waals surface area contributed by atoms with Crippen molar-refractivity contribution in [3.8, 4) is 12.3 Å². The molecule has 68 valence electrons. The van der Waals surface area contributed by atoms with Gasteiger partial charge in [0.25, 0.3) is 0 Å². The summed E-state index contributed by atoms with van der Waals surface area (Å²) < 4.78 is 0. The maximum atomic E-state index is 5.39. The zero-order valence-corrected chi connectivity index (χ0v) is 8.35. The Morgan fingerprint density at radius 1 is 1.58 bits per heavy atom. The van der Waals surface area contributed by atoms with Gasteiger partial charge < -0.3 is 0 Å². The summed E-state index contributed by atoms with van der Waals surface area (Å²) in [6.07, 6.45) is 9.51. The summed E-state index contributed by atoms with van der Waals surface area (Å²) in [5.74, 6) is 3.73. The van der Waals surface area contributed by atoms with Gasteiger partial charge in [0.2, 0.25) is 0 Å². The quantitative estimate of drug-likeness (QED) is 0.630. The van der Waals surface area contributed by atoms with Crippen molar-refractivity contribution >= 4 is 0 Å². The van der Waals surface area contributed by atoms with Crippen LogP contribution in [0.3, 0.4) is 0 Å². The molecule has 0 amide bonds. The van der Waals surface area contributed by atoms with Crippen LogP contribution in [0, 0.1) is 18.3 Å². The first-order valence-corrected chi connectivity index (χ1v) is 4.79. The lowest BCUT2D eigenvalue weighted by Crippen LogP contribution is -2.43. The van der Waals surface area contributed by atoms with Crippen molar-refractivity contribution in [3.63, 3.8) is 0 Å². The molecule has 1 nitrogen and oxygen atoms in total. The highest BCUT2D eigenvalue weighted by Crippen LogP contribution is 2.33. The van der Waals surface area contributed by atoms with Crippen molar-refractivity contribution in [1.82, 2.24) is 5.32 Å². The van der Waals surface area contributed by atoms with E-state index < -0.39 is 0 Å². The minimum absolute atomic E-state index is 0.145. The van der Waals surface area contributed by atoms with Gasteiger partial charge in [-0.25, -0.2) is 0 Å². The molecule has 0 bridgehead atoms. The Labute approximate surface area is 75.9 Å². The van der Waals surface area contributed by atoms with E-state index in [9.17, 15) is 0 Å². The first-order valence-electron chi connectivity index (χ1n) is 4.79. The normalized spacial score (nSPS) is 20.2. The van der Waals surface area contributed by atoms with Gasteiger partial charge in [0, 0.05) is 6.04 Å². The molecule has 0 aromatic heterocycles. The van der Waals surface area contributed by atoms with Gasteiger partial charge in [0.05, 0.1) is 5.54 Å². The predicted octanol–water partition coefficient (Wildman–Crippen LogP) is 2.18. The largest absolute Gasteiger partial charge is 0.299 e. The number of rotatable bonds is 4. The maximum absolute atomic E-state index is 5.39. The van der Waals surface area contributed by atoms with Crippen LogP contribution in [0.4, 0.5) is 0 Å². The lowest BCUT2D eigenvalue weighted by Gasteiger charge is -2.25. The highest BCUT2D eigenvalue weighted by atomic mass is 15.0. The van der Waals surface area contributed by atoms with Crippen molar-refractivity contribution in [3.05, 3.63) is 0 Å². The second-order valence-corrected chi connectivity index (χ2v) is 4.49. The molecule has 0 radical (unpaired) electrons. The molecule has 1 fully saturated rings. The van der Waals surface area contributed by atoms with Crippen LogP contribution in [0.1, 0.15) is 40.0 Å². The van der Waals surface area contributed by atoms with E-state index in [-0.39, 0.29) is 5.54 Å². The molecule has 1 aliphatic rings. The molecule has 1 saturated carbocycles. The third kappa shape index (κ3) is 3.28. The van der Waals surface area contributed by atoms with Gasteiger partial charge in [-0.05, 0) is 33.1 Å². The van der Waals surface area contributed by atoms with Crippen LogP contribution in [-0.2, 0) is 0 Å². The average molecular weight is 165 g/mol. The highest BCUT2D eigenvalue weighted by Gasteiger charge is 2.25. The minimum atomic E-state index is -0.145. The molecular formula is C11H19N. The lowest BCUT2D eigenvalue weighted by atomic mass is 10.0. The van der Waals surface area contributed by atoms with E-state index in [0.29, 0.717) is 6.04 Å². The Bertz CT molecular complexity index is 184. The molecule has 12 heavy (non-hydrogen) atoms. The summed E-state index contributed by atoms with van der Waals surface area (Å²) in [6.45, 7) is 6.32. The number of nitrogens with one attached hydrogen (secondary N) is 1. The van der Waals surface area contributed by atoms with Crippen molar-refractivity contribution in [2.24, 2.45) is 5.92 Å². The molecule has 1 heteroatoms. The molecule has 0 saturated heterocycles. The summed E-state index contributed by atoms with van der Waals surface area (Å²) in [7, 11) is 0. The topological polar surface area (TPSA) is 12.0 Å². The van der Waals surface area contributed by atoms with E-state index in [1.54, 1.807) is 0 Å². The zero-order valence-electron chi connectivity index (χ0n) is 8.35. The molecule has 1 rings (SSSR count). The fourth-order valence-corrected chi connectivity index (χ4v) is 1.57. The van der Waals surface area contributed by atoms with Crippen LogP contribution >= 0.6 is 0 Å². The standard InChI is InChI=1S/C11H19N/c1-5-11(3,4)12-9(2)8-10-6-7-10/h1,9-10,12H,6-8H2,2-4H3. The summed E-state index contributed by atoms with van der Waals surface area (Å²) in [4.78, 5) is 0. The number of terminal acetylenes is 1. The van der Waals surface area contributed by atoms with Crippen molar-refractivity contribution in [2.45, 2.75) is 51.6 Å². The summed E-state index contributed by atoms with van der Waals surface area (Å²) in [6, 6.07) is 0.559. The number of hydrogen-bond donors (Lipinski definition) is 1. The second kappa shape index (κ2) is 3.49. The monoisotopic (exact) mass is 165 g/mol. The molecule has 1 aliphatic carbocycles. The minimum Gasteiger partial charge on any atom is -0.299 e. The molecule has 0 spiro atoms. The van der Waals surface area contributed by atoms with Crippen molar-refractivity contribution < 1.29 is 0 Å².